The molecule has 2 rings (SSSR count). The molecule has 0 saturated heterocycles. The summed E-state index contributed by atoms with van der Waals surface area (Å²) in [5, 5.41) is 1.15. The topological polar surface area (TPSA) is 17.1 Å². The Hall–Kier alpha value is -0.863. The first-order valence-corrected chi connectivity index (χ1v) is 9.10. The van der Waals surface area contributed by atoms with Crippen molar-refractivity contribution in [2.75, 3.05) is 0 Å². The van der Waals surface area contributed by atoms with Crippen molar-refractivity contribution in [3.05, 3.63) is 63.7 Å². The average molecular weight is 333 g/mol. The molecular formula is C21H27LiOP. The number of carbonyl (C=O) groups is 1. The zero-order chi connectivity index (χ0) is 17.4. The van der Waals surface area contributed by atoms with Gasteiger partial charge in [0.15, 0.2) is 5.52 Å². The number of carbonyl (C=O) groups excluding carboxylic acids is 1. The van der Waals surface area contributed by atoms with Gasteiger partial charge in [0.25, 0.3) is 0 Å². The molecular weight excluding hydrogens is 306 g/mol. The van der Waals surface area contributed by atoms with Gasteiger partial charge in [-0.05, 0) is 69.2 Å². The summed E-state index contributed by atoms with van der Waals surface area (Å²) in [6, 6.07) is 10.7. The molecule has 0 spiro atoms. The van der Waals surface area contributed by atoms with Crippen LogP contribution in [0.3, 0.4) is 0 Å². The summed E-state index contributed by atoms with van der Waals surface area (Å²) < 4.78 is 0. The van der Waals surface area contributed by atoms with Crippen LogP contribution in [-0.2, 0) is 5.41 Å². The van der Waals surface area contributed by atoms with Crippen molar-refractivity contribution in [1.82, 2.24) is 0 Å². The van der Waals surface area contributed by atoms with E-state index in [4.69, 9.17) is 0 Å². The van der Waals surface area contributed by atoms with E-state index in [-0.39, 0.29) is 38.4 Å². The van der Waals surface area contributed by atoms with Gasteiger partial charge in [-0.2, -0.15) is 0 Å². The second kappa shape index (κ2) is 8.01. The number of rotatable bonds is 3. The zero-order valence-corrected chi connectivity index (χ0v) is 17.3. The van der Waals surface area contributed by atoms with Crippen LogP contribution < -0.4 is 5.30 Å². The molecule has 1 atom stereocenters. The van der Waals surface area contributed by atoms with Crippen molar-refractivity contribution in [2.24, 2.45) is 0 Å². The van der Waals surface area contributed by atoms with E-state index >= 15 is 0 Å². The summed E-state index contributed by atoms with van der Waals surface area (Å²) in [6.07, 6.45) is 0. The number of hydrogen-bond acceptors (Lipinski definition) is 1. The van der Waals surface area contributed by atoms with Crippen LogP contribution in [0.25, 0.3) is 0 Å². The van der Waals surface area contributed by atoms with Crippen LogP contribution >= 0.6 is 8.58 Å². The largest absolute Gasteiger partial charge is 0.289 e. The summed E-state index contributed by atoms with van der Waals surface area (Å²) in [4.78, 5) is 12.9. The Labute approximate surface area is 160 Å². The number of hydrogen-bond donors (Lipinski definition) is 0. The van der Waals surface area contributed by atoms with Crippen LogP contribution in [-0.4, -0.2) is 24.4 Å². The summed E-state index contributed by atoms with van der Waals surface area (Å²) in [5.74, 6) is 0. The monoisotopic (exact) mass is 333 g/mol. The van der Waals surface area contributed by atoms with Crippen molar-refractivity contribution >= 4 is 38.3 Å². The van der Waals surface area contributed by atoms with Crippen molar-refractivity contribution in [2.45, 2.75) is 53.9 Å². The van der Waals surface area contributed by atoms with Crippen LogP contribution in [0.1, 0.15) is 58.9 Å². The van der Waals surface area contributed by atoms with Crippen molar-refractivity contribution in [3.63, 3.8) is 0 Å². The normalized spacial score (nSPS) is 11.6. The van der Waals surface area contributed by atoms with Gasteiger partial charge in [-0.25, -0.2) is 0 Å². The maximum absolute atomic E-state index is 12.9. The summed E-state index contributed by atoms with van der Waals surface area (Å²) in [7, 11) is 0.188. The average Bonchev–Trinajstić information content (AvgIpc) is 2.40. The quantitative estimate of drug-likeness (QED) is 0.572. The fraction of sp³-hybridized carbons (Fsp3) is 0.381. The van der Waals surface area contributed by atoms with Crippen LogP contribution in [0.15, 0.2) is 30.3 Å². The zero-order valence-electron chi connectivity index (χ0n) is 16.3. The minimum absolute atomic E-state index is 0. The molecule has 2 aromatic rings. The van der Waals surface area contributed by atoms with E-state index in [9.17, 15) is 4.79 Å². The molecule has 0 saturated carbocycles. The maximum atomic E-state index is 12.9. The first-order chi connectivity index (χ1) is 10.6. The van der Waals surface area contributed by atoms with E-state index in [1.807, 2.05) is 0 Å². The number of benzene rings is 2. The second-order valence-electron chi connectivity index (χ2n) is 7.51. The molecule has 3 heteroatoms. The molecule has 0 aliphatic heterocycles. The summed E-state index contributed by atoms with van der Waals surface area (Å²) >= 11 is 0. The van der Waals surface area contributed by atoms with E-state index in [0.717, 1.165) is 22.0 Å². The molecule has 0 heterocycles. The molecule has 0 N–H and O–H groups in total. The Balaban J connectivity index is 0.00000288. The molecule has 1 nitrogen and oxygen atoms in total. The molecule has 0 amide bonds. The van der Waals surface area contributed by atoms with Crippen molar-refractivity contribution < 1.29 is 4.79 Å². The van der Waals surface area contributed by atoms with Gasteiger partial charge < -0.3 is 0 Å². The Morgan fingerprint density at radius 3 is 1.88 bits per heavy atom. The minimum atomic E-state index is 0. The van der Waals surface area contributed by atoms with E-state index in [0.29, 0.717) is 0 Å². The van der Waals surface area contributed by atoms with Crippen LogP contribution in [0.4, 0.5) is 0 Å². The molecule has 123 valence electrons. The smallest absolute Gasteiger partial charge is 0.186 e. The third-order valence-corrected chi connectivity index (χ3v) is 5.56. The molecule has 1 unspecified atom stereocenters. The van der Waals surface area contributed by atoms with Gasteiger partial charge in [0.2, 0.25) is 0 Å². The van der Waals surface area contributed by atoms with Crippen LogP contribution in [0.5, 0.6) is 0 Å². The van der Waals surface area contributed by atoms with Crippen molar-refractivity contribution in [1.29, 1.82) is 0 Å². The van der Waals surface area contributed by atoms with E-state index < -0.39 is 0 Å². The SMILES string of the molecule is Cc1ccc(PC(=O)c2c(C)cc(C(C)(C)C)cc2C)c(C)c1.[Li]. The summed E-state index contributed by atoms with van der Waals surface area (Å²) in [5.41, 5.74) is 7.17. The van der Waals surface area contributed by atoms with Gasteiger partial charge in [-0.3, -0.25) is 4.79 Å². The predicted octanol–water partition coefficient (Wildman–Crippen LogP) is 4.98. The van der Waals surface area contributed by atoms with Crippen LogP contribution in [0, 0.1) is 27.7 Å². The van der Waals surface area contributed by atoms with E-state index in [1.165, 1.54) is 16.7 Å². The molecule has 0 bridgehead atoms. The first-order valence-electron chi connectivity index (χ1n) is 8.10. The molecule has 1 radical (unpaired) electrons. The fourth-order valence-corrected chi connectivity index (χ4v) is 4.09. The second-order valence-corrected chi connectivity index (χ2v) is 8.75. The standard InChI is InChI=1S/C21H27OP.Li/c1-13-8-9-18(14(2)10-13)23-20(22)19-15(3)11-17(12-16(19)4)21(5,6)7;/h8-12,23H,1-7H3;. The number of aryl methyl sites for hydroxylation is 4. The Morgan fingerprint density at radius 2 is 1.42 bits per heavy atom. The first kappa shape index (κ1) is 21.2. The Bertz CT molecular complexity index is 734. The van der Waals surface area contributed by atoms with Crippen LogP contribution in [0.2, 0.25) is 0 Å². The fourth-order valence-electron chi connectivity index (χ4n) is 2.89. The summed E-state index contributed by atoms with van der Waals surface area (Å²) in [6.45, 7) is 14.9. The minimum Gasteiger partial charge on any atom is -0.289 e. The van der Waals surface area contributed by atoms with Gasteiger partial charge in [0.1, 0.15) is 0 Å². The van der Waals surface area contributed by atoms with E-state index in [1.54, 1.807) is 0 Å². The maximum Gasteiger partial charge on any atom is 0.186 e. The molecule has 0 aliphatic carbocycles. The van der Waals surface area contributed by atoms with Gasteiger partial charge in [-0.1, -0.05) is 56.7 Å². The van der Waals surface area contributed by atoms with Gasteiger partial charge in [-0.15, -0.1) is 0 Å². The van der Waals surface area contributed by atoms with Gasteiger partial charge in [0, 0.05) is 24.4 Å². The third-order valence-electron chi connectivity index (χ3n) is 4.26. The Kier molecular flexibility index (Phi) is 7.07. The predicted molar refractivity (Wildman–Crippen MR) is 109 cm³/mol. The van der Waals surface area contributed by atoms with Gasteiger partial charge in [0.05, 0.1) is 0 Å². The molecule has 24 heavy (non-hydrogen) atoms. The van der Waals surface area contributed by atoms with Crippen molar-refractivity contribution in [3.8, 4) is 0 Å². The molecule has 2 aromatic carbocycles. The molecule has 0 aromatic heterocycles. The molecule has 0 fully saturated rings. The van der Waals surface area contributed by atoms with Gasteiger partial charge >= 0.3 is 0 Å². The third kappa shape index (κ3) is 4.83. The van der Waals surface area contributed by atoms with E-state index in [2.05, 4.69) is 78.8 Å². The Morgan fingerprint density at radius 1 is 0.875 bits per heavy atom. The molecule has 0 aliphatic rings.